The molecule has 4 heteroatoms. The minimum atomic E-state index is -0.0340. The SMILES string of the molecule is COc1ccc(C2CCCN2C(=O)c2ccco2)cc1. The highest BCUT2D eigenvalue weighted by molar-refractivity contribution is 5.91. The molecule has 0 N–H and O–H groups in total. The molecule has 1 aliphatic rings. The molecule has 1 atom stereocenters. The Bertz CT molecular complexity index is 574. The van der Waals surface area contributed by atoms with Crippen molar-refractivity contribution in [3.05, 3.63) is 54.0 Å². The maximum Gasteiger partial charge on any atom is 0.290 e. The molecule has 1 amide bonds. The van der Waals surface area contributed by atoms with Crippen LogP contribution in [0.25, 0.3) is 0 Å². The molecule has 1 unspecified atom stereocenters. The van der Waals surface area contributed by atoms with Crippen LogP contribution < -0.4 is 4.74 Å². The first-order valence-electron chi connectivity index (χ1n) is 6.78. The topological polar surface area (TPSA) is 42.7 Å². The van der Waals surface area contributed by atoms with Crippen molar-refractivity contribution < 1.29 is 13.9 Å². The summed E-state index contributed by atoms with van der Waals surface area (Å²) in [5, 5.41) is 0. The molecular formula is C16H17NO3. The third-order valence-corrected chi connectivity index (χ3v) is 3.75. The number of hydrogen-bond donors (Lipinski definition) is 0. The van der Waals surface area contributed by atoms with Gasteiger partial charge in [0.1, 0.15) is 5.75 Å². The summed E-state index contributed by atoms with van der Waals surface area (Å²) in [4.78, 5) is 14.3. The first-order valence-corrected chi connectivity index (χ1v) is 6.78. The molecule has 0 saturated carbocycles. The third kappa shape index (κ3) is 2.29. The average molecular weight is 271 g/mol. The van der Waals surface area contributed by atoms with Crippen LogP contribution in [0.4, 0.5) is 0 Å². The van der Waals surface area contributed by atoms with Crippen LogP contribution in [0.3, 0.4) is 0 Å². The fourth-order valence-electron chi connectivity index (χ4n) is 2.72. The molecule has 0 radical (unpaired) electrons. The van der Waals surface area contributed by atoms with Crippen molar-refractivity contribution in [1.82, 2.24) is 4.90 Å². The van der Waals surface area contributed by atoms with Crippen LogP contribution in [0.2, 0.25) is 0 Å². The van der Waals surface area contributed by atoms with Crippen molar-refractivity contribution in [2.75, 3.05) is 13.7 Å². The Labute approximate surface area is 118 Å². The molecular weight excluding hydrogens is 254 g/mol. The zero-order valence-electron chi connectivity index (χ0n) is 11.4. The van der Waals surface area contributed by atoms with E-state index in [0.717, 1.165) is 30.7 Å². The van der Waals surface area contributed by atoms with E-state index in [1.165, 1.54) is 6.26 Å². The Hall–Kier alpha value is -2.23. The molecule has 1 aromatic carbocycles. The van der Waals surface area contributed by atoms with Crippen molar-refractivity contribution in [2.24, 2.45) is 0 Å². The Balaban J connectivity index is 1.83. The second-order valence-electron chi connectivity index (χ2n) is 4.91. The van der Waals surface area contributed by atoms with Gasteiger partial charge < -0.3 is 14.1 Å². The minimum Gasteiger partial charge on any atom is -0.497 e. The number of carbonyl (C=O) groups is 1. The molecule has 0 bridgehead atoms. The van der Waals surface area contributed by atoms with Gasteiger partial charge in [-0.05, 0) is 42.7 Å². The maximum atomic E-state index is 12.4. The van der Waals surface area contributed by atoms with E-state index in [0.29, 0.717) is 5.76 Å². The van der Waals surface area contributed by atoms with Gasteiger partial charge in [-0.25, -0.2) is 0 Å². The van der Waals surface area contributed by atoms with Gasteiger partial charge in [-0.1, -0.05) is 12.1 Å². The zero-order valence-corrected chi connectivity index (χ0v) is 11.4. The quantitative estimate of drug-likeness (QED) is 0.860. The minimum absolute atomic E-state index is 0.0340. The number of rotatable bonds is 3. The van der Waals surface area contributed by atoms with Crippen LogP contribution in [0.5, 0.6) is 5.75 Å². The van der Waals surface area contributed by atoms with Crippen LogP contribution >= 0.6 is 0 Å². The van der Waals surface area contributed by atoms with Crippen molar-refractivity contribution in [1.29, 1.82) is 0 Å². The largest absolute Gasteiger partial charge is 0.497 e. The van der Waals surface area contributed by atoms with Gasteiger partial charge in [-0.15, -0.1) is 0 Å². The maximum absolute atomic E-state index is 12.4. The summed E-state index contributed by atoms with van der Waals surface area (Å²) in [6.45, 7) is 0.774. The number of methoxy groups -OCH3 is 1. The Kier molecular flexibility index (Phi) is 3.46. The van der Waals surface area contributed by atoms with Crippen molar-refractivity contribution in [3.63, 3.8) is 0 Å². The van der Waals surface area contributed by atoms with E-state index < -0.39 is 0 Å². The van der Waals surface area contributed by atoms with E-state index in [-0.39, 0.29) is 11.9 Å². The summed E-state index contributed by atoms with van der Waals surface area (Å²) in [7, 11) is 1.65. The monoisotopic (exact) mass is 271 g/mol. The fraction of sp³-hybridized carbons (Fsp3) is 0.312. The Morgan fingerprint density at radius 3 is 2.75 bits per heavy atom. The molecule has 104 valence electrons. The van der Waals surface area contributed by atoms with Crippen LogP contribution in [-0.4, -0.2) is 24.5 Å². The van der Waals surface area contributed by atoms with Gasteiger partial charge in [0.2, 0.25) is 0 Å². The zero-order chi connectivity index (χ0) is 13.9. The van der Waals surface area contributed by atoms with Crippen LogP contribution in [-0.2, 0) is 0 Å². The number of ether oxygens (including phenoxy) is 1. The van der Waals surface area contributed by atoms with E-state index in [2.05, 4.69) is 0 Å². The number of likely N-dealkylation sites (tertiary alicyclic amines) is 1. The standard InChI is InChI=1S/C16H17NO3/c1-19-13-8-6-12(7-9-13)14-4-2-10-17(14)16(18)15-5-3-11-20-15/h3,5-9,11,14H,2,4,10H2,1H3. The highest BCUT2D eigenvalue weighted by atomic mass is 16.5. The second-order valence-corrected chi connectivity index (χ2v) is 4.91. The Morgan fingerprint density at radius 2 is 2.10 bits per heavy atom. The van der Waals surface area contributed by atoms with Crippen LogP contribution in [0.15, 0.2) is 47.1 Å². The molecule has 1 aromatic heterocycles. The summed E-state index contributed by atoms with van der Waals surface area (Å²) in [6.07, 6.45) is 3.54. The normalized spacial score (nSPS) is 18.2. The van der Waals surface area contributed by atoms with Gasteiger partial charge >= 0.3 is 0 Å². The fourth-order valence-corrected chi connectivity index (χ4v) is 2.72. The van der Waals surface area contributed by atoms with Crippen LogP contribution in [0, 0.1) is 0 Å². The van der Waals surface area contributed by atoms with Crippen molar-refractivity contribution in [2.45, 2.75) is 18.9 Å². The van der Waals surface area contributed by atoms with Gasteiger partial charge in [0.25, 0.3) is 5.91 Å². The van der Waals surface area contributed by atoms with E-state index in [1.807, 2.05) is 29.2 Å². The van der Waals surface area contributed by atoms with Crippen molar-refractivity contribution in [3.8, 4) is 5.75 Å². The van der Waals surface area contributed by atoms with Gasteiger partial charge in [-0.2, -0.15) is 0 Å². The Morgan fingerprint density at radius 1 is 1.30 bits per heavy atom. The van der Waals surface area contributed by atoms with Gasteiger partial charge in [0, 0.05) is 6.54 Å². The van der Waals surface area contributed by atoms with E-state index in [1.54, 1.807) is 19.2 Å². The number of furan rings is 1. The van der Waals surface area contributed by atoms with Gasteiger partial charge in [0.05, 0.1) is 19.4 Å². The lowest BCUT2D eigenvalue weighted by atomic mass is 10.0. The molecule has 3 rings (SSSR count). The highest BCUT2D eigenvalue weighted by Gasteiger charge is 2.31. The smallest absolute Gasteiger partial charge is 0.290 e. The van der Waals surface area contributed by atoms with E-state index in [4.69, 9.17) is 9.15 Å². The first-order chi connectivity index (χ1) is 9.79. The summed E-state index contributed by atoms with van der Waals surface area (Å²) in [5.41, 5.74) is 1.14. The molecule has 1 saturated heterocycles. The van der Waals surface area contributed by atoms with E-state index in [9.17, 15) is 4.79 Å². The van der Waals surface area contributed by atoms with E-state index >= 15 is 0 Å². The molecule has 0 spiro atoms. The molecule has 20 heavy (non-hydrogen) atoms. The lowest BCUT2D eigenvalue weighted by Gasteiger charge is -2.24. The molecule has 1 fully saturated rings. The summed E-state index contributed by atoms with van der Waals surface area (Å²) < 4.78 is 10.4. The molecule has 2 aromatic rings. The number of hydrogen-bond acceptors (Lipinski definition) is 3. The third-order valence-electron chi connectivity index (χ3n) is 3.75. The molecule has 0 aliphatic carbocycles. The number of carbonyl (C=O) groups excluding carboxylic acids is 1. The first kappa shape index (κ1) is 12.8. The predicted octanol–water partition coefficient (Wildman–Crippen LogP) is 3.27. The van der Waals surface area contributed by atoms with Gasteiger partial charge in [-0.3, -0.25) is 4.79 Å². The number of nitrogens with zero attached hydrogens (tertiary/aromatic N) is 1. The van der Waals surface area contributed by atoms with Gasteiger partial charge in [0.15, 0.2) is 5.76 Å². The molecule has 4 nitrogen and oxygen atoms in total. The second kappa shape index (κ2) is 5.41. The lowest BCUT2D eigenvalue weighted by molar-refractivity contribution is 0.0703. The summed E-state index contributed by atoms with van der Waals surface area (Å²) in [5.74, 6) is 1.20. The highest BCUT2D eigenvalue weighted by Crippen LogP contribution is 2.33. The summed E-state index contributed by atoms with van der Waals surface area (Å²) in [6, 6.07) is 11.5. The average Bonchev–Trinajstić information content (AvgIpc) is 3.18. The number of amides is 1. The van der Waals surface area contributed by atoms with Crippen molar-refractivity contribution >= 4 is 5.91 Å². The summed E-state index contributed by atoms with van der Waals surface area (Å²) >= 11 is 0. The predicted molar refractivity (Wildman–Crippen MR) is 74.7 cm³/mol. The lowest BCUT2D eigenvalue weighted by Crippen LogP contribution is -2.30. The number of benzene rings is 1. The molecule has 2 heterocycles. The molecule has 1 aliphatic heterocycles. The van der Waals surface area contributed by atoms with Crippen LogP contribution in [0.1, 0.15) is 35.0 Å².